The van der Waals surface area contributed by atoms with Gasteiger partial charge in [-0.1, -0.05) is 42.5 Å². The van der Waals surface area contributed by atoms with E-state index in [2.05, 4.69) is 5.32 Å². The summed E-state index contributed by atoms with van der Waals surface area (Å²) in [5, 5.41) is 3.15. The van der Waals surface area contributed by atoms with E-state index in [9.17, 15) is 9.59 Å². The van der Waals surface area contributed by atoms with Gasteiger partial charge in [-0.05, 0) is 17.2 Å². The zero-order valence-electron chi connectivity index (χ0n) is 14.8. The molecule has 2 aromatic carbocycles. The predicted octanol–water partition coefficient (Wildman–Crippen LogP) is 2.60. The Hall–Kier alpha value is -2.82. The fourth-order valence-corrected chi connectivity index (χ4v) is 3.85. The van der Waals surface area contributed by atoms with Crippen molar-refractivity contribution < 1.29 is 14.3 Å². The molecule has 2 heterocycles. The minimum absolute atomic E-state index is 0.0768. The Morgan fingerprint density at radius 3 is 2.62 bits per heavy atom. The highest BCUT2D eigenvalue weighted by Gasteiger charge is 2.34. The van der Waals surface area contributed by atoms with Crippen LogP contribution in [0.2, 0.25) is 0 Å². The van der Waals surface area contributed by atoms with Gasteiger partial charge in [0.1, 0.15) is 11.8 Å². The van der Waals surface area contributed by atoms with Crippen molar-refractivity contribution in [3.05, 3.63) is 65.2 Å². The second-order valence-corrected chi connectivity index (χ2v) is 6.87. The van der Waals surface area contributed by atoms with E-state index in [-0.39, 0.29) is 17.9 Å². The molecule has 0 radical (unpaired) electrons. The molecule has 2 atom stereocenters. The van der Waals surface area contributed by atoms with Crippen LogP contribution in [0.4, 0.5) is 0 Å². The minimum Gasteiger partial charge on any atom is -0.493 e. The molecule has 0 bridgehead atoms. The van der Waals surface area contributed by atoms with Crippen molar-refractivity contribution in [2.45, 2.75) is 38.4 Å². The molecule has 2 amide bonds. The Labute approximate surface area is 153 Å². The molecular formula is C21H22N2O3. The maximum atomic E-state index is 13.1. The summed E-state index contributed by atoms with van der Waals surface area (Å²) in [6.45, 7) is 2.58. The number of hydrogen-bond acceptors (Lipinski definition) is 3. The van der Waals surface area contributed by atoms with Crippen LogP contribution in [0, 0.1) is 0 Å². The maximum Gasteiger partial charge on any atom is 0.243 e. The first-order valence-corrected chi connectivity index (χ1v) is 8.99. The summed E-state index contributed by atoms with van der Waals surface area (Å²) < 4.78 is 5.67. The van der Waals surface area contributed by atoms with Gasteiger partial charge in [0.25, 0.3) is 0 Å². The highest BCUT2D eigenvalue weighted by molar-refractivity contribution is 5.88. The monoisotopic (exact) mass is 350 g/mol. The summed E-state index contributed by atoms with van der Waals surface area (Å²) in [6, 6.07) is 15.2. The van der Waals surface area contributed by atoms with Crippen LogP contribution in [-0.4, -0.2) is 29.4 Å². The molecule has 134 valence electrons. The third-order valence-electron chi connectivity index (χ3n) is 5.23. The van der Waals surface area contributed by atoms with Crippen LogP contribution < -0.4 is 10.1 Å². The molecule has 2 aliphatic rings. The van der Waals surface area contributed by atoms with Gasteiger partial charge in [0, 0.05) is 31.9 Å². The van der Waals surface area contributed by atoms with Crippen molar-refractivity contribution in [2.75, 3.05) is 6.61 Å². The van der Waals surface area contributed by atoms with E-state index in [4.69, 9.17) is 4.74 Å². The molecule has 0 saturated carbocycles. The number of para-hydroxylation sites is 1. The molecule has 0 fully saturated rings. The normalized spacial score (nSPS) is 21.2. The van der Waals surface area contributed by atoms with Gasteiger partial charge < -0.3 is 15.0 Å². The van der Waals surface area contributed by atoms with E-state index in [1.165, 1.54) is 6.92 Å². The fraction of sp³-hybridized carbons (Fsp3) is 0.333. The van der Waals surface area contributed by atoms with Crippen LogP contribution in [0.25, 0.3) is 0 Å². The average Bonchev–Trinajstić information content (AvgIpc) is 2.67. The first kappa shape index (κ1) is 16.6. The van der Waals surface area contributed by atoms with Crippen molar-refractivity contribution in [1.82, 2.24) is 10.2 Å². The number of benzene rings is 2. The topological polar surface area (TPSA) is 58.6 Å². The number of amides is 2. The van der Waals surface area contributed by atoms with Crippen LogP contribution >= 0.6 is 0 Å². The second kappa shape index (κ2) is 6.83. The predicted molar refractivity (Wildman–Crippen MR) is 97.6 cm³/mol. The zero-order valence-corrected chi connectivity index (χ0v) is 14.8. The van der Waals surface area contributed by atoms with Crippen LogP contribution in [-0.2, 0) is 22.6 Å². The number of hydrogen-bond donors (Lipinski definition) is 1. The number of ether oxygens (including phenoxy) is 1. The van der Waals surface area contributed by atoms with Gasteiger partial charge in [-0.25, -0.2) is 0 Å². The third-order valence-corrected chi connectivity index (χ3v) is 5.23. The van der Waals surface area contributed by atoms with Gasteiger partial charge in [0.15, 0.2) is 0 Å². The summed E-state index contributed by atoms with van der Waals surface area (Å²) in [4.78, 5) is 26.9. The third kappa shape index (κ3) is 3.05. The summed E-state index contributed by atoms with van der Waals surface area (Å²) >= 11 is 0. The van der Waals surface area contributed by atoms with Crippen LogP contribution in [0.3, 0.4) is 0 Å². The maximum absolute atomic E-state index is 13.1. The lowest BCUT2D eigenvalue weighted by Crippen LogP contribution is -2.52. The van der Waals surface area contributed by atoms with Crippen molar-refractivity contribution in [3.63, 3.8) is 0 Å². The second-order valence-electron chi connectivity index (χ2n) is 6.87. The first-order valence-electron chi connectivity index (χ1n) is 8.99. The van der Waals surface area contributed by atoms with Gasteiger partial charge in [-0.2, -0.15) is 0 Å². The van der Waals surface area contributed by atoms with E-state index in [1.807, 2.05) is 48.5 Å². The van der Waals surface area contributed by atoms with E-state index in [0.29, 0.717) is 19.6 Å². The molecule has 5 heteroatoms. The molecule has 2 aliphatic heterocycles. The summed E-state index contributed by atoms with van der Waals surface area (Å²) in [6.07, 6.45) is 1.28. The van der Waals surface area contributed by atoms with Gasteiger partial charge in [0.05, 0.1) is 12.6 Å². The molecule has 4 rings (SSSR count). The molecular weight excluding hydrogens is 328 g/mol. The van der Waals surface area contributed by atoms with E-state index < -0.39 is 6.04 Å². The van der Waals surface area contributed by atoms with Crippen molar-refractivity contribution >= 4 is 11.8 Å². The molecule has 0 saturated heterocycles. The Morgan fingerprint density at radius 1 is 1.08 bits per heavy atom. The highest BCUT2D eigenvalue weighted by Crippen LogP contribution is 2.32. The smallest absolute Gasteiger partial charge is 0.243 e. The average molecular weight is 350 g/mol. The van der Waals surface area contributed by atoms with Crippen molar-refractivity contribution in [1.29, 1.82) is 0 Å². The first-order chi connectivity index (χ1) is 12.6. The number of nitrogens with zero attached hydrogens (tertiary/aromatic N) is 1. The van der Waals surface area contributed by atoms with Crippen molar-refractivity contribution in [2.24, 2.45) is 0 Å². The Balaban J connectivity index is 1.57. The lowest BCUT2D eigenvalue weighted by Gasteiger charge is -2.36. The lowest BCUT2D eigenvalue weighted by molar-refractivity contribution is -0.140. The molecule has 0 aromatic heterocycles. The number of rotatable bonds is 2. The Kier molecular flexibility index (Phi) is 4.37. The molecule has 0 aliphatic carbocycles. The van der Waals surface area contributed by atoms with Crippen LogP contribution in [0.1, 0.15) is 36.1 Å². The summed E-state index contributed by atoms with van der Waals surface area (Å²) in [5.41, 5.74) is 3.25. The van der Waals surface area contributed by atoms with Gasteiger partial charge in [-0.3, -0.25) is 9.59 Å². The lowest BCUT2D eigenvalue weighted by atomic mass is 9.92. The summed E-state index contributed by atoms with van der Waals surface area (Å²) in [5.74, 6) is 0.643. The molecule has 0 spiro atoms. The molecule has 5 nitrogen and oxygen atoms in total. The minimum atomic E-state index is -0.475. The largest absolute Gasteiger partial charge is 0.493 e. The Morgan fingerprint density at radius 2 is 1.81 bits per heavy atom. The van der Waals surface area contributed by atoms with Crippen LogP contribution in [0.5, 0.6) is 5.75 Å². The van der Waals surface area contributed by atoms with Gasteiger partial charge in [-0.15, -0.1) is 0 Å². The molecule has 0 unspecified atom stereocenters. The quantitative estimate of drug-likeness (QED) is 0.906. The highest BCUT2D eigenvalue weighted by atomic mass is 16.5. The van der Waals surface area contributed by atoms with E-state index in [0.717, 1.165) is 28.9 Å². The zero-order chi connectivity index (χ0) is 18.1. The number of nitrogens with one attached hydrogen (secondary N) is 1. The summed E-state index contributed by atoms with van der Waals surface area (Å²) in [7, 11) is 0. The molecule has 26 heavy (non-hydrogen) atoms. The molecule has 1 N–H and O–H groups in total. The number of carbonyl (C=O) groups excluding carboxylic acids is 2. The molecule has 2 aromatic rings. The van der Waals surface area contributed by atoms with Gasteiger partial charge >= 0.3 is 0 Å². The Bertz CT molecular complexity index is 849. The fourth-order valence-electron chi connectivity index (χ4n) is 3.85. The number of carbonyl (C=O) groups is 2. The standard InChI is InChI=1S/C21H22N2O3/c1-14(24)23-13-16-7-3-2-6-15(16)12-19(23)21(25)22-18-10-11-26-20-9-5-4-8-17(18)20/h2-9,18-19H,10-13H2,1H3,(H,22,25)/t18-,19+/m1/s1. The van der Waals surface area contributed by atoms with Crippen LogP contribution in [0.15, 0.2) is 48.5 Å². The number of fused-ring (bicyclic) bond motifs is 2. The van der Waals surface area contributed by atoms with Crippen molar-refractivity contribution in [3.8, 4) is 5.75 Å². The van der Waals surface area contributed by atoms with E-state index >= 15 is 0 Å². The van der Waals surface area contributed by atoms with Gasteiger partial charge in [0.2, 0.25) is 11.8 Å². The van der Waals surface area contributed by atoms with E-state index in [1.54, 1.807) is 4.90 Å². The SMILES string of the molecule is CC(=O)N1Cc2ccccc2C[C@H]1C(=O)N[C@@H]1CCOc2ccccc21.